The average Bonchev–Trinajstić information content (AvgIpc) is 2.37. The summed E-state index contributed by atoms with van der Waals surface area (Å²) in [5, 5.41) is 0. The minimum absolute atomic E-state index is 0.0604. The fourth-order valence-electron chi connectivity index (χ4n) is 1.47. The quantitative estimate of drug-likeness (QED) is 0.575. The van der Waals surface area contributed by atoms with Gasteiger partial charge in [-0.15, -0.1) is 0 Å². The molecule has 0 N–H and O–H groups in total. The lowest BCUT2D eigenvalue weighted by molar-refractivity contribution is -0.121. The second-order valence-electron chi connectivity index (χ2n) is 4.29. The van der Waals surface area contributed by atoms with Gasteiger partial charge in [-0.1, -0.05) is 13.8 Å². The Kier molecular flexibility index (Phi) is 4.89. The van der Waals surface area contributed by atoms with Gasteiger partial charge in [-0.05, 0) is 18.2 Å². The van der Waals surface area contributed by atoms with E-state index in [1.54, 1.807) is 32.0 Å². The summed E-state index contributed by atoms with van der Waals surface area (Å²) in [7, 11) is 3.03. The fraction of sp³-hybridized carbons (Fsp3) is 0.429. The average molecular weight is 250 g/mol. The van der Waals surface area contributed by atoms with Crippen molar-refractivity contribution in [1.29, 1.82) is 0 Å². The molecule has 0 saturated heterocycles. The second kappa shape index (κ2) is 6.19. The van der Waals surface area contributed by atoms with Gasteiger partial charge < -0.3 is 9.47 Å². The van der Waals surface area contributed by atoms with Crippen LogP contribution in [0.5, 0.6) is 11.5 Å². The van der Waals surface area contributed by atoms with Gasteiger partial charge in [0.15, 0.2) is 17.3 Å². The highest BCUT2D eigenvalue weighted by Crippen LogP contribution is 2.28. The number of ketones is 2. The van der Waals surface area contributed by atoms with Crippen LogP contribution in [0, 0.1) is 5.92 Å². The molecule has 18 heavy (non-hydrogen) atoms. The standard InChI is InChI=1S/C14H18O4/c1-9(2)11(15)8-12(16)10-5-6-13(17-3)14(7-10)18-4/h5-7,9H,8H2,1-4H3. The number of methoxy groups -OCH3 is 2. The molecule has 0 saturated carbocycles. The number of carbonyl (C=O) groups is 2. The van der Waals surface area contributed by atoms with Gasteiger partial charge in [0.05, 0.1) is 20.6 Å². The monoisotopic (exact) mass is 250 g/mol. The number of Topliss-reactive ketones (excluding diaryl/α,β-unsaturated/α-hetero) is 2. The fourth-order valence-corrected chi connectivity index (χ4v) is 1.47. The van der Waals surface area contributed by atoms with Gasteiger partial charge in [0.1, 0.15) is 5.78 Å². The lowest BCUT2D eigenvalue weighted by Crippen LogP contribution is -2.13. The summed E-state index contributed by atoms with van der Waals surface area (Å²) in [6, 6.07) is 4.89. The van der Waals surface area contributed by atoms with Crippen molar-refractivity contribution >= 4 is 11.6 Å². The topological polar surface area (TPSA) is 52.6 Å². The molecule has 98 valence electrons. The van der Waals surface area contributed by atoms with E-state index in [0.29, 0.717) is 17.1 Å². The highest BCUT2D eigenvalue weighted by atomic mass is 16.5. The van der Waals surface area contributed by atoms with Crippen molar-refractivity contribution in [3.63, 3.8) is 0 Å². The van der Waals surface area contributed by atoms with Crippen LogP contribution in [0.15, 0.2) is 18.2 Å². The maximum absolute atomic E-state index is 11.9. The van der Waals surface area contributed by atoms with Crippen molar-refractivity contribution in [1.82, 2.24) is 0 Å². The lowest BCUT2D eigenvalue weighted by Gasteiger charge is -2.09. The summed E-state index contributed by atoms with van der Waals surface area (Å²) in [6.07, 6.45) is -0.0762. The molecule has 4 heteroatoms. The van der Waals surface area contributed by atoms with Crippen molar-refractivity contribution < 1.29 is 19.1 Å². The van der Waals surface area contributed by atoms with Gasteiger partial charge in [0.2, 0.25) is 0 Å². The first kappa shape index (κ1) is 14.2. The Hall–Kier alpha value is -1.84. The predicted molar refractivity (Wildman–Crippen MR) is 68.3 cm³/mol. The smallest absolute Gasteiger partial charge is 0.170 e. The largest absolute Gasteiger partial charge is 0.493 e. The zero-order valence-electron chi connectivity index (χ0n) is 11.1. The zero-order chi connectivity index (χ0) is 13.7. The van der Waals surface area contributed by atoms with Crippen LogP contribution >= 0.6 is 0 Å². The number of ether oxygens (including phenoxy) is 2. The van der Waals surface area contributed by atoms with Crippen LogP contribution in [0.4, 0.5) is 0 Å². The molecule has 0 aliphatic carbocycles. The van der Waals surface area contributed by atoms with E-state index in [1.807, 2.05) is 0 Å². The van der Waals surface area contributed by atoms with E-state index in [2.05, 4.69) is 0 Å². The SMILES string of the molecule is COc1ccc(C(=O)CC(=O)C(C)C)cc1OC. The van der Waals surface area contributed by atoms with Gasteiger partial charge in [-0.25, -0.2) is 0 Å². The Bertz CT molecular complexity index is 449. The van der Waals surface area contributed by atoms with Crippen molar-refractivity contribution in [2.75, 3.05) is 14.2 Å². The molecule has 0 aliphatic rings. The molecule has 0 radical (unpaired) electrons. The van der Waals surface area contributed by atoms with Gasteiger partial charge in [-0.2, -0.15) is 0 Å². The third kappa shape index (κ3) is 3.32. The Morgan fingerprint density at radius 3 is 2.22 bits per heavy atom. The number of rotatable bonds is 6. The van der Waals surface area contributed by atoms with Crippen LogP contribution in [0.25, 0.3) is 0 Å². The lowest BCUT2D eigenvalue weighted by atomic mass is 10.00. The summed E-state index contributed by atoms with van der Waals surface area (Å²) >= 11 is 0. The van der Waals surface area contributed by atoms with Crippen LogP contribution in [0.2, 0.25) is 0 Å². The Morgan fingerprint density at radius 2 is 1.72 bits per heavy atom. The summed E-state index contributed by atoms with van der Waals surface area (Å²) in [6.45, 7) is 3.56. The van der Waals surface area contributed by atoms with Gasteiger partial charge in [-0.3, -0.25) is 9.59 Å². The number of hydrogen-bond acceptors (Lipinski definition) is 4. The number of carbonyl (C=O) groups excluding carboxylic acids is 2. The molecule has 0 spiro atoms. The van der Waals surface area contributed by atoms with Crippen LogP contribution in [0.1, 0.15) is 30.6 Å². The van der Waals surface area contributed by atoms with Crippen LogP contribution in [-0.4, -0.2) is 25.8 Å². The molecule has 0 atom stereocenters. The molecule has 0 amide bonds. The molecule has 4 nitrogen and oxygen atoms in total. The molecule has 0 heterocycles. The Morgan fingerprint density at radius 1 is 1.11 bits per heavy atom. The van der Waals surface area contributed by atoms with Crippen molar-refractivity contribution in [3.8, 4) is 11.5 Å². The molecule has 1 rings (SSSR count). The van der Waals surface area contributed by atoms with E-state index in [1.165, 1.54) is 14.2 Å². The predicted octanol–water partition coefficient (Wildman–Crippen LogP) is 2.50. The first-order chi connectivity index (χ1) is 8.49. The second-order valence-corrected chi connectivity index (χ2v) is 4.29. The van der Waals surface area contributed by atoms with E-state index in [0.717, 1.165) is 0 Å². The minimum atomic E-state index is -0.199. The van der Waals surface area contributed by atoms with E-state index in [4.69, 9.17) is 9.47 Å². The molecule has 0 bridgehead atoms. The van der Waals surface area contributed by atoms with E-state index in [9.17, 15) is 9.59 Å². The molecular weight excluding hydrogens is 232 g/mol. The van der Waals surface area contributed by atoms with E-state index < -0.39 is 0 Å². The molecular formula is C14H18O4. The molecule has 0 aliphatic heterocycles. The molecule has 1 aromatic rings. The van der Waals surface area contributed by atoms with Crippen molar-refractivity contribution in [3.05, 3.63) is 23.8 Å². The molecule has 0 unspecified atom stereocenters. The van der Waals surface area contributed by atoms with Gasteiger partial charge in [0.25, 0.3) is 0 Å². The third-order valence-electron chi connectivity index (χ3n) is 2.68. The normalized spacial score (nSPS) is 10.3. The maximum atomic E-state index is 11.9. The van der Waals surface area contributed by atoms with Crippen LogP contribution in [0.3, 0.4) is 0 Å². The van der Waals surface area contributed by atoms with Gasteiger partial charge in [0, 0.05) is 11.5 Å². The van der Waals surface area contributed by atoms with E-state index in [-0.39, 0.29) is 23.9 Å². The summed E-state index contributed by atoms with van der Waals surface area (Å²) in [4.78, 5) is 23.4. The van der Waals surface area contributed by atoms with Crippen molar-refractivity contribution in [2.24, 2.45) is 5.92 Å². The Balaban J connectivity index is 2.90. The molecule has 1 aromatic carbocycles. The van der Waals surface area contributed by atoms with E-state index >= 15 is 0 Å². The Labute approximate surface area is 107 Å². The van der Waals surface area contributed by atoms with Gasteiger partial charge >= 0.3 is 0 Å². The maximum Gasteiger partial charge on any atom is 0.170 e. The highest BCUT2D eigenvalue weighted by molar-refractivity contribution is 6.08. The molecule has 0 fully saturated rings. The third-order valence-corrected chi connectivity index (χ3v) is 2.68. The summed E-state index contributed by atoms with van der Waals surface area (Å²) in [5.74, 6) is 0.656. The van der Waals surface area contributed by atoms with Crippen LogP contribution < -0.4 is 9.47 Å². The first-order valence-electron chi connectivity index (χ1n) is 5.77. The number of benzene rings is 1. The highest BCUT2D eigenvalue weighted by Gasteiger charge is 2.16. The summed E-state index contributed by atoms with van der Waals surface area (Å²) < 4.78 is 10.2. The van der Waals surface area contributed by atoms with Crippen LogP contribution in [-0.2, 0) is 4.79 Å². The minimum Gasteiger partial charge on any atom is -0.493 e. The summed E-state index contributed by atoms with van der Waals surface area (Å²) in [5.41, 5.74) is 0.460. The zero-order valence-corrected chi connectivity index (χ0v) is 11.1. The number of hydrogen-bond donors (Lipinski definition) is 0. The first-order valence-corrected chi connectivity index (χ1v) is 5.77. The van der Waals surface area contributed by atoms with Crippen molar-refractivity contribution in [2.45, 2.75) is 20.3 Å². The molecule has 0 aromatic heterocycles.